The molecule has 7 amide bonds. The van der Waals surface area contributed by atoms with Gasteiger partial charge in [-0.25, -0.2) is 39.3 Å². The van der Waals surface area contributed by atoms with E-state index in [1.807, 2.05) is 124 Å². The number of methoxy groups -OCH3 is 4. The molecular weight excluding hydrogens is 1760 g/mol. The van der Waals surface area contributed by atoms with Crippen LogP contribution in [-0.4, -0.2) is 204 Å². The van der Waals surface area contributed by atoms with Crippen molar-refractivity contribution in [3.8, 4) is 56.2 Å². The van der Waals surface area contributed by atoms with Gasteiger partial charge in [-0.2, -0.15) is 0 Å². The third-order valence-corrected chi connectivity index (χ3v) is 30.3. The summed E-state index contributed by atoms with van der Waals surface area (Å²) in [4.78, 5) is 137. The van der Waals surface area contributed by atoms with E-state index in [-0.39, 0.29) is 112 Å². The van der Waals surface area contributed by atoms with Crippen molar-refractivity contribution >= 4 is 98.0 Å². The molecule has 9 fully saturated rings. The first kappa shape index (κ1) is 93.9. The smallest absolute Gasteiger partial charge is 0.469 e. The molecule has 19 rings (SSSR count). The minimum Gasteiger partial charge on any atom is -0.469 e. The highest BCUT2D eigenvalue weighted by atomic mass is 79.9. The molecule has 4 aromatic heterocycles. The fraction of sp³-hybridized carbons (Fsp3) is 0.490. The number of fused-ring (bicyclic) bond motifs is 6. The molecule has 5 aliphatic heterocycles. The number of amidine groups is 1. The molecule has 4 aliphatic carbocycles. The monoisotopic (exact) mass is 1890 g/mol. The van der Waals surface area contributed by atoms with Crippen LogP contribution in [0.2, 0.25) is 0 Å². The molecule has 9 N–H and O–H groups in total. The van der Waals surface area contributed by atoms with E-state index in [0.717, 1.165) is 188 Å². The Kier molecular flexibility index (Phi) is 26.5. The number of piperidine rings is 2. The number of hydrogen-bond donors (Lipinski definition) is 8. The second kappa shape index (κ2) is 37.8. The Morgan fingerprint density at radius 1 is 0.448 bits per heavy atom. The summed E-state index contributed by atoms with van der Waals surface area (Å²) in [7, 11) is 4.99. The van der Waals surface area contributed by atoms with E-state index in [1.54, 1.807) is 0 Å². The maximum atomic E-state index is 14.0. The first-order valence-electron chi connectivity index (χ1n) is 47.2. The van der Waals surface area contributed by atoms with Gasteiger partial charge in [0.2, 0.25) is 23.6 Å². The molecule has 12 atom stereocenters. The van der Waals surface area contributed by atoms with Gasteiger partial charge in [0.15, 0.2) is 0 Å². The molecule has 9 aliphatic rings. The number of H-pyrrole nitrogens is 4. The summed E-state index contributed by atoms with van der Waals surface area (Å²) in [6.07, 6.45) is 17.8. The molecule has 4 saturated carbocycles. The molecule has 0 radical (unpaired) electrons. The number of carbonyl (C=O) groups is 7. The Bertz CT molecular complexity index is 6060. The number of nitrogens with one attached hydrogen (secondary N) is 7. The van der Waals surface area contributed by atoms with Gasteiger partial charge in [0.1, 0.15) is 47.5 Å². The number of benzene rings is 6. The highest BCUT2D eigenvalue weighted by Crippen LogP contribution is 2.60. The number of aromatic amines is 4. The van der Waals surface area contributed by atoms with Crippen LogP contribution in [0.25, 0.3) is 77.7 Å². The van der Waals surface area contributed by atoms with Crippen molar-refractivity contribution in [2.24, 2.45) is 57.1 Å². The largest absolute Gasteiger partial charge is 0.494 e. The first-order valence-corrected chi connectivity index (χ1v) is 48.0. The number of ether oxygens (including phenoxy) is 4. The number of amides is 7. The van der Waals surface area contributed by atoms with Gasteiger partial charge in [0.25, 0.3) is 6.02 Å². The summed E-state index contributed by atoms with van der Waals surface area (Å²) in [6, 6.07) is 39.2. The van der Waals surface area contributed by atoms with Crippen molar-refractivity contribution in [2.75, 3.05) is 41.5 Å². The van der Waals surface area contributed by atoms with Crippen LogP contribution in [0, 0.1) is 46.3 Å². The Balaban J connectivity index is 0.000000150. The van der Waals surface area contributed by atoms with E-state index < -0.39 is 49.6 Å². The van der Waals surface area contributed by atoms with Gasteiger partial charge in [0.05, 0.1) is 111 Å². The number of halogens is 1. The summed E-state index contributed by atoms with van der Waals surface area (Å²) in [5, 5.41) is 12.7. The van der Waals surface area contributed by atoms with Crippen molar-refractivity contribution < 1.29 is 61.8 Å². The van der Waals surface area contributed by atoms with Crippen molar-refractivity contribution in [3.63, 3.8) is 0 Å². The molecule has 706 valence electrons. The van der Waals surface area contributed by atoms with E-state index in [4.69, 9.17) is 48.9 Å². The van der Waals surface area contributed by atoms with Crippen molar-refractivity contribution in [3.05, 3.63) is 174 Å². The summed E-state index contributed by atoms with van der Waals surface area (Å²) in [5.41, 5.74) is 16.2. The van der Waals surface area contributed by atoms with Gasteiger partial charge in [-0.15, -0.1) is 0 Å². The average molecular weight is 1890 g/mol. The molecular formula is C102H125BBrN17O13. The van der Waals surface area contributed by atoms with Gasteiger partial charge in [0, 0.05) is 40.8 Å². The predicted molar refractivity (Wildman–Crippen MR) is 516 cm³/mol. The van der Waals surface area contributed by atoms with Crippen LogP contribution in [0.5, 0.6) is 0 Å². The Hall–Kier alpha value is -11.9. The maximum absolute atomic E-state index is 14.0. The third kappa shape index (κ3) is 19.0. The van der Waals surface area contributed by atoms with E-state index in [2.05, 4.69) is 187 Å². The number of aliphatic imine (C=N–C) groups is 1. The van der Waals surface area contributed by atoms with Gasteiger partial charge >= 0.3 is 25.4 Å². The quantitative estimate of drug-likeness (QED) is 0.0135. The van der Waals surface area contributed by atoms with Crippen molar-refractivity contribution in [1.82, 2.24) is 75.4 Å². The zero-order valence-corrected chi connectivity index (χ0v) is 80.9. The predicted octanol–water partition coefficient (Wildman–Crippen LogP) is 17.0. The highest BCUT2D eigenvalue weighted by Gasteiger charge is 2.59. The minimum absolute atomic E-state index is 0.00351. The number of hydrogen-bond acceptors (Lipinski definition) is 18. The molecule has 2 spiro atoms. The van der Waals surface area contributed by atoms with Gasteiger partial charge in [-0.1, -0.05) is 162 Å². The summed E-state index contributed by atoms with van der Waals surface area (Å²) in [6.45, 7) is 25.1. The molecule has 30 nitrogen and oxygen atoms in total. The molecule has 10 aromatic rings. The molecule has 9 heterocycles. The topological polar surface area (TPSA) is 377 Å². The molecule has 4 bridgehead atoms. The third-order valence-electron chi connectivity index (χ3n) is 29.8. The van der Waals surface area contributed by atoms with E-state index >= 15 is 0 Å². The Morgan fingerprint density at radius 3 is 1.22 bits per heavy atom. The van der Waals surface area contributed by atoms with Gasteiger partial charge in [-0.05, 0) is 231 Å². The maximum Gasteiger partial charge on any atom is 0.494 e. The number of nitrogens with two attached hydrogens (primary N) is 1. The molecule has 32 heteroatoms. The minimum atomic E-state index is -0.687. The second-order valence-electron chi connectivity index (χ2n) is 40.6. The zero-order valence-electron chi connectivity index (χ0n) is 79.4. The lowest BCUT2D eigenvalue weighted by Gasteiger charge is -2.37. The van der Waals surface area contributed by atoms with Crippen LogP contribution in [0.15, 0.2) is 156 Å². The van der Waals surface area contributed by atoms with Crippen LogP contribution in [0.1, 0.15) is 208 Å². The fourth-order valence-electron chi connectivity index (χ4n) is 21.1. The van der Waals surface area contributed by atoms with E-state index in [1.165, 1.54) is 28.4 Å². The number of nitrogens with zero attached hydrogens (tertiary/aromatic N) is 9. The van der Waals surface area contributed by atoms with Crippen molar-refractivity contribution in [2.45, 2.75) is 232 Å². The lowest BCUT2D eigenvalue weighted by atomic mass is 9.78. The number of carbonyl (C=O) groups excluding carboxylic acids is 7. The SMILES string of the molecule is COC(=O)N[C@H](C(=O)N1CC2(CC2)C[C@H]1c1ncc(-c2ccc3cc(-c4ccc(-c5cnc([C@@H]6[C@H]7CC[C@H](C7)N6C(=O)[C@@H](NC(=O)OC)C(C)C)[nH]5)cc4)ccc3c2)[nH]1)C(C)C.COC(=O)N[C@H](C(=O)N1CC2(CC2)C[C@H]1c1ncc(-c2ccc3cc(B4OC(C)(C)C(C)(C)O4)ccc3c2)[nH]1)C(C)C.COC(N)=N[C@H](C(=O)N1[C@@H]2CC[C@@H](C2)[C@H]1c1ncc(-c2ccc(Br)cc2)[nH]1)C(C)C. The highest BCUT2D eigenvalue weighted by molar-refractivity contribution is 9.10. The number of imidazole rings is 4. The first-order chi connectivity index (χ1) is 64.0. The second-order valence-corrected chi connectivity index (χ2v) is 41.6. The number of alkyl carbamates (subject to hydrolysis) is 3. The fourth-order valence-corrected chi connectivity index (χ4v) is 21.4. The van der Waals surface area contributed by atoms with Gasteiger partial charge in [-0.3, -0.25) is 19.2 Å². The Morgan fingerprint density at radius 2 is 0.806 bits per heavy atom. The number of likely N-dealkylation sites (tertiary alicyclic amines) is 4. The van der Waals surface area contributed by atoms with Crippen LogP contribution in [0.3, 0.4) is 0 Å². The summed E-state index contributed by atoms with van der Waals surface area (Å²) >= 11 is 3.47. The zero-order chi connectivity index (χ0) is 94.9. The molecule has 0 unspecified atom stereocenters. The van der Waals surface area contributed by atoms with Crippen LogP contribution >= 0.6 is 15.9 Å². The molecule has 6 aromatic carbocycles. The van der Waals surface area contributed by atoms with E-state index in [9.17, 15) is 33.6 Å². The lowest BCUT2D eigenvalue weighted by molar-refractivity contribution is -0.139. The van der Waals surface area contributed by atoms with E-state index in [0.29, 0.717) is 24.9 Å². The normalized spacial score (nSPS) is 22.8. The van der Waals surface area contributed by atoms with Gasteiger partial charge < -0.3 is 89.5 Å². The van der Waals surface area contributed by atoms with Crippen LogP contribution in [-0.2, 0) is 47.4 Å². The lowest BCUT2D eigenvalue weighted by Crippen LogP contribution is -2.54. The standard InChI is InChI=1S/C48H56N8O6.C32H41BN4O5.C22H28BrN5O2/c1-26(2)39(53-46(59)61-5)44(57)55-25-48(17-18-48)22-38(55)42-49-24-37(51-42)33-14-13-31-19-30(11-12-32(31)20-33)28-7-9-29(10-8-28)36-23-50-43(52-36)41-34-15-16-35(21-34)56(41)45(58)40(27(3)4)54-47(60)62-6;1-19(2)26(36-29(39)40-7)28(38)37-18-32(12-13-32)16-25(37)27-34-17-24(35-27)22-9-8-21-15-23(11-10-20(21)14-22)33-41-30(3,4)31(5,6)42-33;1-12(2)18(27-22(24)30-3)21(29)28-16-9-6-14(10-16)19(28)20-25-11-17(26-20)13-4-7-15(23)8-5-13/h7-14,19-20,23-24,26-27,34-35,38-41H,15-18,21-22,25H2,1-6H3,(H,49,51)(H,50,52)(H,53,59)(H,54,60);8-11,14-15,17,19,25-26H,12-13,16,18H2,1-7H3,(H,34,35)(H,36,39);4-5,7-8,11-12,14,16,18-19H,6,9-10H2,1-3H3,(H2,24,27)(H,25,26)/t34-,35+,38-,39-,40-,41-;25-,26-;14-,16+,18-,19-/m000/s1. The number of aromatic nitrogens is 8. The number of rotatable bonds is 22. The van der Waals surface area contributed by atoms with Crippen molar-refractivity contribution in [1.29, 1.82) is 0 Å². The molecule has 134 heavy (non-hydrogen) atoms. The Labute approximate surface area is 791 Å². The average Bonchev–Trinajstić information content (AvgIpc) is 1.59. The molecule has 5 saturated heterocycles. The van der Waals surface area contributed by atoms with Crippen LogP contribution in [0.4, 0.5) is 14.4 Å². The van der Waals surface area contributed by atoms with Crippen LogP contribution < -0.4 is 27.1 Å². The summed E-state index contributed by atoms with van der Waals surface area (Å²) in [5.74, 6) is 3.33. The summed E-state index contributed by atoms with van der Waals surface area (Å²) < 4.78 is 33.0.